The maximum absolute atomic E-state index is 13.0. The monoisotopic (exact) mass is 447 g/mol. The molecule has 164 valence electrons. The Morgan fingerprint density at radius 1 is 1.25 bits per heavy atom. The first-order chi connectivity index (χ1) is 15.5. The van der Waals surface area contributed by atoms with Gasteiger partial charge < -0.3 is 16.0 Å². The first-order valence-electron chi connectivity index (χ1n) is 10.6. The molecule has 4 aromatic heterocycles. The molecular formula is C23H25N7OS. The SMILES string of the molecule is CC1CC(N)CN(c2ccncc2NC(=O)c2ccc3sc(-c4cnn(C)c4)cc3n2)C1. The molecular weight excluding hydrogens is 422 g/mol. The van der Waals surface area contributed by atoms with Crippen molar-refractivity contribution >= 4 is 38.8 Å². The topological polar surface area (TPSA) is 102 Å². The number of thiophene rings is 1. The fourth-order valence-electron chi connectivity index (χ4n) is 4.28. The van der Waals surface area contributed by atoms with Gasteiger partial charge in [0.1, 0.15) is 5.69 Å². The van der Waals surface area contributed by atoms with Crippen LogP contribution < -0.4 is 16.0 Å². The zero-order valence-corrected chi connectivity index (χ0v) is 18.8. The van der Waals surface area contributed by atoms with Gasteiger partial charge in [0.2, 0.25) is 0 Å². The minimum absolute atomic E-state index is 0.118. The number of hydrogen-bond donors (Lipinski definition) is 2. The van der Waals surface area contributed by atoms with Gasteiger partial charge in [-0.25, -0.2) is 4.98 Å². The lowest BCUT2D eigenvalue weighted by atomic mass is 9.96. The molecule has 5 rings (SSSR count). The van der Waals surface area contributed by atoms with Crippen LogP contribution in [0.5, 0.6) is 0 Å². The summed E-state index contributed by atoms with van der Waals surface area (Å²) < 4.78 is 2.80. The first kappa shape index (κ1) is 20.6. The smallest absolute Gasteiger partial charge is 0.274 e. The van der Waals surface area contributed by atoms with E-state index >= 15 is 0 Å². The number of aromatic nitrogens is 4. The molecule has 8 nitrogen and oxygen atoms in total. The van der Waals surface area contributed by atoms with Crippen LogP contribution in [0, 0.1) is 5.92 Å². The van der Waals surface area contributed by atoms with Gasteiger partial charge in [0.05, 0.1) is 34.0 Å². The number of nitrogens with two attached hydrogens (primary N) is 1. The Hall–Kier alpha value is -3.30. The van der Waals surface area contributed by atoms with Crippen LogP contribution in [0.25, 0.3) is 20.7 Å². The van der Waals surface area contributed by atoms with Crippen LogP contribution in [0.2, 0.25) is 0 Å². The summed E-state index contributed by atoms with van der Waals surface area (Å²) in [6.45, 7) is 3.86. The molecule has 0 aliphatic carbocycles. The molecule has 0 spiro atoms. The molecule has 5 heterocycles. The van der Waals surface area contributed by atoms with Crippen molar-refractivity contribution in [3.05, 3.63) is 54.7 Å². The Morgan fingerprint density at radius 3 is 2.91 bits per heavy atom. The fourth-order valence-corrected chi connectivity index (χ4v) is 5.26. The van der Waals surface area contributed by atoms with Crippen LogP contribution in [0.1, 0.15) is 23.8 Å². The van der Waals surface area contributed by atoms with E-state index in [0.29, 0.717) is 17.3 Å². The zero-order chi connectivity index (χ0) is 22.2. The van der Waals surface area contributed by atoms with E-state index in [-0.39, 0.29) is 11.9 Å². The Balaban J connectivity index is 1.39. The standard InChI is InChI=1S/C23H25N7OS/c1-14-7-16(24)13-30(11-14)20-5-6-25-10-19(20)28-23(31)17-3-4-21-18(27-17)8-22(32-21)15-9-26-29(2)12-15/h3-6,8-10,12,14,16H,7,11,13,24H2,1-2H3,(H,28,31). The minimum Gasteiger partial charge on any atom is -0.368 e. The normalized spacial score (nSPS) is 18.8. The van der Waals surface area contributed by atoms with Crippen LogP contribution in [0.15, 0.2) is 49.1 Å². The molecule has 4 aromatic rings. The average Bonchev–Trinajstić information content (AvgIpc) is 3.38. The lowest BCUT2D eigenvalue weighted by molar-refractivity contribution is 0.102. The summed E-state index contributed by atoms with van der Waals surface area (Å²) in [5, 5.41) is 7.24. The lowest BCUT2D eigenvalue weighted by Crippen LogP contribution is -2.46. The predicted molar refractivity (Wildman–Crippen MR) is 128 cm³/mol. The molecule has 0 radical (unpaired) electrons. The van der Waals surface area contributed by atoms with E-state index < -0.39 is 0 Å². The number of nitrogens with one attached hydrogen (secondary N) is 1. The molecule has 1 aliphatic heterocycles. The number of pyridine rings is 2. The minimum atomic E-state index is -0.260. The second-order valence-electron chi connectivity index (χ2n) is 8.45. The third-order valence-electron chi connectivity index (χ3n) is 5.67. The van der Waals surface area contributed by atoms with Crippen LogP contribution in [-0.4, -0.2) is 44.8 Å². The van der Waals surface area contributed by atoms with Crippen LogP contribution in [-0.2, 0) is 7.05 Å². The highest BCUT2D eigenvalue weighted by atomic mass is 32.1. The van der Waals surface area contributed by atoms with Gasteiger partial charge in [0.25, 0.3) is 5.91 Å². The van der Waals surface area contributed by atoms with Gasteiger partial charge in [0.15, 0.2) is 0 Å². The van der Waals surface area contributed by atoms with Crippen molar-refractivity contribution in [2.75, 3.05) is 23.3 Å². The molecule has 2 unspecified atom stereocenters. The number of piperidine rings is 1. The second kappa shape index (κ2) is 8.33. The number of rotatable bonds is 4. The number of carbonyl (C=O) groups is 1. The zero-order valence-electron chi connectivity index (χ0n) is 18.0. The summed E-state index contributed by atoms with van der Waals surface area (Å²) in [6.07, 6.45) is 8.23. The molecule has 1 aliphatic rings. The first-order valence-corrected chi connectivity index (χ1v) is 11.4. The Morgan fingerprint density at radius 2 is 2.12 bits per heavy atom. The van der Waals surface area contributed by atoms with Crippen molar-refractivity contribution in [1.82, 2.24) is 19.7 Å². The summed E-state index contributed by atoms with van der Waals surface area (Å²) in [6, 6.07) is 7.75. The number of nitrogens with zero attached hydrogens (tertiary/aromatic N) is 5. The van der Waals surface area contributed by atoms with Crippen molar-refractivity contribution < 1.29 is 4.79 Å². The highest BCUT2D eigenvalue weighted by molar-refractivity contribution is 7.22. The van der Waals surface area contributed by atoms with Gasteiger partial charge in [-0.3, -0.25) is 14.5 Å². The Labute approximate surface area is 190 Å². The molecule has 1 saturated heterocycles. The summed E-state index contributed by atoms with van der Waals surface area (Å²) >= 11 is 1.63. The van der Waals surface area contributed by atoms with Crippen molar-refractivity contribution in [1.29, 1.82) is 0 Å². The Bertz CT molecular complexity index is 1270. The van der Waals surface area contributed by atoms with Crippen molar-refractivity contribution in [3.8, 4) is 10.4 Å². The van der Waals surface area contributed by atoms with Gasteiger partial charge in [-0.15, -0.1) is 11.3 Å². The highest BCUT2D eigenvalue weighted by Crippen LogP contribution is 2.33. The van der Waals surface area contributed by atoms with E-state index in [9.17, 15) is 4.79 Å². The fraction of sp³-hybridized carbons (Fsp3) is 0.304. The van der Waals surface area contributed by atoms with Crippen LogP contribution >= 0.6 is 11.3 Å². The largest absolute Gasteiger partial charge is 0.368 e. The van der Waals surface area contributed by atoms with Crippen LogP contribution in [0.3, 0.4) is 0 Å². The predicted octanol–water partition coefficient (Wildman–Crippen LogP) is 3.52. The van der Waals surface area contributed by atoms with E-state index in [1.165, 1.54) is 0 Å². The molecule has 1 amide bonds. The van der Waals surface area contributed by atoms with Crippen molar-refractivity contribution in [2.45, 2.75) is 19.4 Å². The highest BCUT2D eigenvalue weighted by Gasteiger charge is 2.24. The van der Waals surface area contributed by atoms with Gasteiger partial charge in [-0.1, -0.05) is 6.92 Å². The number of aryl methyl sites for hydroxylation is 1. The van der Waals surface area contributed by atoms with E-state index in [1.54, 1.807) is 34.5 Å². The number of anilines is 2. The summed E-state index contributed by atoms with van der Waals surface area (Å²) in [7, 11) is 1.89. The van der Waals surface area contributed by atoms with E-state index in [1.807, 2.05) is 37.6 Å². The summed E-state index contributed by atoms with van der Waals surface area (Å²) in [4.78, 5) is 25.2. The maximum atomic E-state index is 13.0. The van der Waals surface area contributed by atoms with Gasteiger partial charge in [-0.05, 0) is 36.6 Å². The molecule has 1 fully saturated rings. The third kappa shape index (κ3) is 4.09. The molecule has 2 atom stereocenters. The quantitative estimate of drug-likeness (QED) is 0.496. The Kier molecular flexibility index (Phi) is 5.36. The lowest BCUT2D eigenvalue weighted by Gasteiger charge is -2.37. The number of fused-ring (bicyclic) bond motifs is 1. The maximum Gasteiger partial charge on any atom is 0.274 e. The summed E-state index contributed by atoms with van der Waals surface area (Å²) in [5.41, 5.74) is 10.0. The molecule has 0 saturated carbocycles. The number of amides is 1. The van der Waals surface area contributed by atoms with E-state index in [4.69, 9.17) is 5.73 Å². The van der Waals surface area contributed by atoms with Gasteiger partial charge in [-0.2, -0.15) is 5.10 Å². The average molecular weight is 448 g/mol. The number of hydrogen-bond acceptors (Lipinski definition) is 7. The molecule has 0 aromatic carbocycles. The van der Waals surface area contributed by atoms with Crippen molar-refractivity contribution in [3.63, 3.8) is 0 Å². The van der Waals surface area contributed by atoms with E-state index in [0.717, 1.165) is 45.9 Å². The summed E-state index contributed by atoms with van der Waals surface area (Å²) in [5.74, 6) is 0.233. The molecule has 0 bridgehead atoms. The molecule has 3 N–H and O–H groups in total. The third-order valence-corrected chi connectivity index (χ3v) is 6.81. The van der Waals surface area contributed by atoms with Gasteiger partial charge in [0, 0.05) is 49.0 Å². The van der Waals surface area contributed by atoms with Crippen LogP contribution in [0.4, 0.5) is 11.4 Å². The molecule has 9 heteroatoms. The molecule has 32 heavy (non-hydrogen) atoms. The number of carbonyl (C=O) groups excluding carboxylic acids is 1. The van der Waals surface area contributed by atoms with Gasteiger partial charge >= 0.3 is 0 Å². The van der Waals surface area contributed by atoms with E-state index in [2.05, 4.69) is 32.2 Å². The second-order valence-corrected chi connectivity index (χ2v) is 9.53. The van der Waals surface area contributed by atoms with Crippen molar-refractivity contribution in [2.24, 2.45) is 18.7 Å².